The molecule has 0 aliphatic carbocycles. The summed E-state index contributed by atoms with van der Waals surface area (Å²) < 4.78 is 0. The van der Waals surface area contributed by atoms with Gasteiger partial charge in [0.25, 0.3) is 0 Å². The number of piperidine rings is 4. The lowest BCUT2D eigenvalue weighted by atomic mass is 9.76. The van der Waals surface area contributed by atoms with Gasteiger partial charge in [0.1, 0.15) is 0 Å². The molecule has 4 amide bonds. The Morgan fingerprint density at radius 2 is 1.72 bits per heavy atom. The van der Waals surface area contributed by atoms with Crippen molar-refractivity contribution in [3.8, 4) is 0 Å². The first kappa shape index (κ1) is 20.5. The van der Waals surface area contributed by atoms with E-state index in [0.29, 0.717) is 43.3 Å². The number of carbonyl (C=O) groups excluding carboxylic acids is 3. The van der Waals surface area contributed by atoms with Gasteiger partial charge in [-0.1, -0.05) is 0 Å². The normalized spacial score (nSPS) is 30.2. The van der Waals surface area contributed by atoms with Gasteiger partial charge in [0.2, 0.25) is 11.8 Å². The number of nitrogens with zero attached hydrogens (tertiary/aromatic N) is 4. The Morgan fingerprint density at radius 3 is 2.41 bits per heavy atom. The van der Waals surface area contributed by atoms with Gasteiger partial charge in [0.05, 0.1) is 0 Å². The zero-order chi connectivity index (χ0) is 20.5. The van der Waals surface area contributed by atoms with Gasteiger partial charge in [-0.05, 0) is 57.8 Å². The van der Waals surface area contributed by atoms with Crippen LogP contribution in [0.2, 0.25) is 0 Å². The summed E-state index contributed by atoms with van der Waals surface area (Å²) in [5.74, 6) is 1.46. The summed E-state index contributed by atoms with van der Waals surface area (Å²) in [6.07, 6.45) is 5.46. The topological polar surface area (TPSA) is 64.2 Å². The molecule has 4 aliphatic heterocycles. The van der Waals surface area contributed by atoms with Crippen LogP contribution < -0.4 is 0 Å². The first-order valence-corrected chi connectivity index (χ1v) is 11.6. The Labute approximate surface area is 174 Å². The molecule has 4 fully saturated rings. The third-order valence-electron chi connectivity index (χ3n) is 7.64. The van der Waals surface area contributed by atoms with Gasteiger partial charge in [0.15, 0.2) is 0 Å². The molecule has 162 valence electrons. The molecule has 7 heteroatoms. The third-order valence-corrected chi connectivity index (χ3v) is 7.64. The molecule has 0 spiro atoms. The number of hydrogen-bond donors (Lipinski definition) is 0. The van der Waals surface area contributed by atoms with E-state index in [1.54, 1.807) is 0 Å². The van der Waals surface area contributed by atoms with Gasteiger partial charge in [-0.15, -0.1) is 0 Å². The van der Waals surface area contributed by atoms with E-state index in [2.05, 4.69) is 4.90 Å². The summed E-state index contributed by atoms with van der Waals surface area (Å²) in [5.41, 5.74) is 0. The third kappa shape index (κ3) is 3.97. The second-order valence-electron chi connectivity index (χ2n) is 9.33. The minimum Gasteiger partial charge on any atom is -0.343 e. The Bertz CT molecular complexity index is 642. The van der Waals surface area contributed by atoms with Crippen LogP contribution in [0.4, 0.5) is 4.79 Å². The summed E-state index contributed by atoms with van der Waals surface area (Å²) in [6.45, 7) is 9.28. The quantitative estimate of drug-likeness (QED) is 0.723. The average molecular weight is 405 g/mol. The highest BCUT2D eigenvalue weighted by Crippen LogP contribution is 2.38. The molecule has 0 saturated carbocycles. The van der Waals surface area contributed by atoms with Gasteiger partial charge in [-0.25, -0.2) is 4.79 Å². The molecule has 0 aromatic rings. The number of rotatable bonds is 3. The zero-order valence-electron chi connectivity index (χ0n) is 18.0. The summed E-state index contributed by atoms with van der Waals surface area (Å²) in [4.78, 5) is 46.2. The van der Waals surface area contributed by atoms with Crippen molar-refractivity contribution >= 4 is 17.8 Å². The Morgan fingerprint density at radius 1 is 1.00 bits per heavy atom. The second-order valence-corrected chi connectivity index (χ2v) is 9.33. The van der Waals surface area contributed by atoms with Crippen LogP contribution in [0.15, 0.2) is 0 Å². The van der Waals surface area contributed by atoms with E-state index in [-0.39, 0.29) is 17.9 Å². The first-order chi connectivity index (χ1) is 14.0. The van der Waals surface area contributed by atoms with E-state index in [1.807, 2.05) is 28.5 Å². The van der Waals surface area contributed by atoms with E-state index < -0.39 is 0 Å². The molecule has 0 N–H and O–H groups in total. The van der Waals surface area contributed by atoms with Crippen LogP contribution in [-0.4, -0.2) is 89.3 Å². The van der Waals surface area contributed by atoms with Crippen molar-refractivity contribution in [1.29, 1.82) is 0 Å². The highest BCUT2D eigenvalue weighted by Gasteiger charge is 2.45. The zero-order valence-corrected chi connectivity index (χ0v) is 18.0. The van der Waals surface area contributed by atoms with E-state index >= 15 is 0 Å². The van der Waals surface area contributed by atoms with Crippen molar-refractivity contribution < 1.29 is 14.4 Å². The maximum Gasteiger partial charge on any atom is 0.320 e. The Hall–Kier alpha value is -1.79. The summed E-state index contributed by atoms with van der Waals surface area (Å²) in [6, 6.07) is 0.476. The van der Waals surface area contributed by atoms with Crippen molar-refractivity contribution in [3.05, 3.63) is 0 Å². The van der Waals surface area contributed by atoms with Gasteiger partial charge in [-0.3, -0.25) is 9.59 Å². The van der Waals surface area contributed by atoms with Gasteiger partial charge in [-0.2, -0.15) is 0 Å². The maximum atomic E-state index is 13.2. The molecular weight excluding hydrogens is 368 g/mol. The van der Waals surface area contributed by atoms with Gasteiger partial charge >= 0.3 is 6.03 Å². The fourth-order valence-electron chi connectivity index (χ4n) is 6.08. The van der Waals surface area contributed by atoms with Crippen molar-refractivity contribution in [1.82, 2.24) is 19.6 Å². The van der Waals surface area contributed by atoms with Crippen LogP contribution in [0, 0.1) is 17.8 Å². The molecule has 4 heterocycles. The van der Waals surface area contributed by atoms with Gasteiger partial charge < -0.3 is 19.6 Å². The van der Waals surface area contributed by atoms with Crippen molar-refractivity contribution in [2.75, 3.05) is 45.8 Å². The van der Waals surface area contributed by atoms with E-state index in [9.17, 15) is 14.4 Å². The molecule has 0 aromatic heterocycles. The smallest absolute Gasteiger partial charge is 0.320 e. The molecule has 0 unspecified atom stereocenters. The van der Waals surface area contributed by atoms with Crippen LogP contribution in [0.1, 0.15) is 52.4 Å². The summed E-state index contributed by atoms with van der Waals surface area (Å²) in [5, 5.41) is 0. The lowest BCUT2D eigenvalue weighted by Crippen LogP contribution is -2.62. The minimum absolute atomic E-state index is 0.0569. The monoisotopic (exact) mass is 404 g/mol. The van der Waals surface area contributed by atoms with Crippen LogP contribution in [0.5, 0.6) is 0 Å². The molecule has 2 bridgehead atoms. The molecular formula is C22H36N4O3. The van der Waals surface area contributed by atoms with Crippen molar-refractivity contribution in [2.45, 2.75) is 58.4 Å². The lowest BCUT2D eigenvalue weighted by Gasteiger charge is -2.53. The lowest BCUT2D eigenvalue weighted by molar-refractivity contribution is -0.144. The Kier molecular flexibility index (Phi) is 6.02. The van der Waals surface area contributed by atoms with E-state index in [1.165, 1.54) is 0 Å². The Balaban J connectivity index is 1.33. The van der Waals surface area contributed by atoms with Crippen LogP contribution >= 0.6 is 0 Å². The summed E-state index contributed by atoms with van der Waals surface area (Å²) >= 11 is 0. The van der Waals surface area contributed by atoms with Crippen molar-refractivity contribution in [3.63, 3.8) is 0 Å². The number of carbonyl (C=O) groups is 3. The minimum atomic E-state index is 0.0569. The van der Waals surface area contributed by atoms with Crippen LogP contribution in [0.3, 0.4) is 0 Å². The SMILES string of the molecule is CCN(CC)C(=O)C1CCN(C(=O)N2C[C@H]3C[C@H](C2)[C@H]2CCCC(=O)N2C3)CC1. The molecule has 7 nitrogen and oxygen atoms in total. The number of hydrogen-bond acceptors (Lipinski definition) is 3. The van der Waals surface area contributed by atoms with E-state index in [0.717, 1.165) is 64.8 Å². The second kappa shape index (κ2) is 8.52. The van der Waals surface area contributed by atoms with Crippen LogP contribution in [0.25, 0.3) is 0 Å². The standard InChI is InChI=1S/C22H36N4O3/c1-3-23(4-2)21(28)17-8-10-24(11-9-17)22(29)25-13-16-12-18(15-25)19-6-5-7-20(27)26(19)14-16/h16-19H,3-15H2,1-2H3/t16-,18-,19-/m1/s1. The molecule has 4 aliphatic rings. The van der Waals surface area contributed by atoms with E-state index in [4.69, 9.17) is 0 Å². The number of fused-ring (bicyclic) bond motifs is 4. The molecule has 4 saturated heterocycles. The fourth-order valence-corrected chi connectivity index (χ4v) is 6.08. The molecule has 0 radical (unpaired) electrons. The number of amides is 4. The van der Waals surface area contributed by atoms with Crippen LogP contribution in [-0.2, 0) is 9.59 Å². The molecule has 3 atom stereocenters. The highest BCUT2D eigenvalue weighted by molar-refractivity contribution is 5.80. The first-order valence-electron chi connectivity index (χ1n) is 11.6. The molecule has 29 heavy (non-hydrogen) atoms. The number of urea groups is 1. The van der Waals surface area contributed by atoms with Crippen molar-refractivity contribution in [2.24, 2.45) is 17.8 Å². The molecule has 0 aromatic carbocycles. The van der Waals surface area contributed by atoms with Gasteiger partial charge in [0, 0.05) is 64.2 Å². The molecule has 4 rings (SSSR count). The largest absolute Gasteiger partial charge is 0.343 e. The maximum absolute atomic E-state index is 13.2. The number of likely N-dealkylation sites (tertiary alicyclic amines) is 2. The predicted molar refractivity (Wildman–Crippen MR) is 110 cm³/mol. The fraction of sp³-hybridized carbons (Fsp3) is 0.864. The average Bonchev–Trinajstić information content (AvgIpc) is 2.75. The predicted octanol–water partition coefficient (Wildman–Crippen LogP) is 2.02. The summed E-state index contributed by atoms with van der Waals surface area (Å²) in [7, 11) is 0. The highest BCUT2D eigenvalue weighted by atomic mass is 16.2.